The fourth-order valence-electron chi connectivity index (χ4n) is 2.75. The first-order chi connectivity index (χ1) is 13.0. The minimum atomic E-state index is -0.322. The van der Waals surface area contributed by atoms with E-state index < -0.39 is 0 Å². The Bertz CT molecular complexity index is 1120. The number of carbonyl (C=O) groups is 1. The SMILES string of the molecule is Cc1nc(C)c(C(=O)N(Cc2cccnc2)c2nc3ccc(F)cc3s2)s1. The molecule has 0 aliphatic heterocycles. The highest BCUT2D eigenvalue weighted by molar-refractivity contribution is 7.22. The lowest BCUT2D eigenvalue weighted by Gasteiger charge is -2.19. The molecule has 4 rings (SSSR count). The summed E-state index contributed by atoms with van der Waals surface area (Å²) in [5.41, 5.74) is 2.25. The van der Waals surface area contributed by atoms with E-state index in [2.05, 4.69) is 15.0 Å². The number of rotatable bonds is 4. The molecule has 0 bridgehead atoms. The number of fused-ring (bicyclic) bond motifs is 1. The van der Waals surface area contributed by atoms with E-state index in [1.165, 1.54) is 34.8 Å². The number of thiazole rings is 2. The number of amides is 1. The van der Waals surface area contributed by atoms with Crippen molar-refractivity contribution in [3.8, 4) is 0 Å². The number of aromatic nitrogens is 3. The van der Waals surface area contributed by atoms with Crippen LogP contribution in [0.2, 0.25) is 0 Å². The Morgan fingerprint density at radius 2 is 2.04 bits per heavy atom. The van der Waals surface area contributed by atoms with Crippen molar-refractivity contribution < 1.29 is 9.18 Å². The standard InChI is InChI=1S/C19H15FN4OS2/c1-11-17(26-12(2)22-11)18(25)24(10-13-4-3-7-21-9-13)19-23-15-6-5-14(20)8-16(15)27-19/h3-9H,10H2,1-2H3. The molecule has 3 heterocycles. The van der Waals surface area contributed by atoms with Crippen LogP contribution in [0.15, 0.2) is 42.7 Å². The first-order valence-corrected chi connectivity index (χ1v) is 9.85. The van der Waals surface area contributed by atoms with Gasteiger partial charge in [-0.05, 0) is 43.7 Å². The summed E-state index contributed by atoms with van der Waals surface area (Å²) >= 11 is 2.66. The van der Waals surface area contributed by atoms with Gasteiger partial charge in [0.05, 0.1) is 27.5 Å². The normalized spacial score (nSPS) is 11.1. The summed E-state index contributed by atoms with van der Waals surface area (Å²) < 4.78 is 14.3. The third-order valence-corrected chi connectivity index (χ3v) is 6.08. The molecule has 0 radical (unpaired) electrons. The van der Waals surface area contributed by atoms with Crippen molar-refractivity contribution >= 4 is 43.9 Å². The monoisotopic (exact) mass is 398 g/mol. The van der Waals surface area contributed by atoms with Crippen molar-refractivity contribution in [3.05, 3.63) is 69.7 Å². The zero-order valence-electron chi connectivity index (χ0n) is 14.6. The topological polar surface area (TPSA) is 59.0 Å². The van der Waals surface area contributed by atoms with Gasteiger partial charge in [0, 0.05) is 12.4 Å². The van der Waals surface area contributed by atoms with Crippen molar-refractivity contribution in [2.75, 3.05) is 4.90 Å². The molecule has 5 nitrogen and oxygen atoms in total. The van der Waals surface area contributed by atoms with E-state index in [9.17, 15) is 9.18 Å². The summed E-state index contributed by atoms with van der Waals surface area (Å²) in [6.07, 6.45) is 3.41. The van der Waals surface area contributed by atoms with Crippen molar-refractivity contribution in [1.29, 1.82) is 0 Å². The fourth-order valence-corrected chi connectivity index (χ4v) is 4.61. The number of carbonyl (C=O) groups excluding carboxylic acids is 1. The number of aryl methyl sites for hydroxylation is 2. The molecule has 136 valence electrons. The van der Waals surface area contributed by atoms with Gasteiger partial charge in [-0.25, -0.2) is 14.4 Å². The Balaban J connectivity index is 1.79. The average molecular weight is 398 g/mol. The van der Waals surface area contributed by atoms with Crippen LogP contribution in [0.3, 0.4) is 0 Å². The number of hydrogen-bond donors (Lipinski definition) is 0. The van der Waals surface area contributed by atoms with E-state index in [1.54, 1.807) is 23.4 Å². The molecule has 0 aliphatic carbocycles. The van der Waals surface area contributed by atoms with Gasteiger partial charge in [0.15, 0.2) is 5.13 Å². The van der Waals surface area contributed by atoms with Crippen molar-refractivity contribution in [2.24, 2.45) is 0 Å². The fraction of sp³-hybridized carbons (Fsp3) is 0.158. The van der Waals surface area contributed by atoms with E-state index in [0.717, 1.165) is 10.6 Å². The van der Waals surface area contributed by atoms with E-state index in [1.807, 2.05) is 26.0 Å². The summed E-state index contributed by atoms with van der Waals surface area (Å²) in [5.74, 6) is -0.488. The molecule has 3 aromatic heterocycles. The molecule has 0 aliphatic rings. The third kappa shape index (κ3) is 3.58. The molecular weight excluding hydrogens is 383 g/mol. The van der Waals surface area contributed by atoms with Gasteiger partial charge in [0.2, 0.25) is 0 Å². The number of pyridine rings is 1. The van der Waals surface area contributed by atoms with Crippen LogP contribution < -0.4 is 4.90 Å². The first kappa shape index (κ1) is 17.7. The van der Waals surface area contributed by atoms with Gasteiger partial charge in [0.25, 0.3) is 5.91 Å². The summed E-state index contributed by atoms with van der Waals surface area (Å²) in [5, 5.41) is 1.36. The minimum Gasteiger partial charge on any atom is -0.279 e. The second-order valence-corrected chi connectivity index (χ2v) is 8.22. The molecule has 0 unspecified atom stereocenters. The molecule has 27 heavy (non-hydrogen) atoms. The highest BCUT2D eigenvalue weighted by Gasteiger charge is 2.25. The lowest BCUT2D eigenvalue weighted by atomic mass is 10.2. The molecule has 0 atom stereocenters. The number of anilines is 1. The van der Waals surface area contributed by atoms with E-state index >= 15 is 0 Å². The first-order valence-electron chi connectivity index (χ1n) is 8.22. The Hall–Kier alpha value is -2.71. The van der Waals surface area contributed by atoms with E-state index in [0.29, 0.717) is 32.5 Å². The number of hydrogen-bond acceptors (Lipinski definition) is 6. The maximum absolute atomic E-state index is 13.6. The number of nitrogens with zero attached hydrogens (tertiary/aromatic N) is 4. The molecular formula is C19H15FN4OS2. The summed E-state index contributed by atoms with van der Waals surface area (Å²) in [7, 11) is 0. The Labute approximate surface area is 163 Å². The second-order valence-electron chi connectivity index (χ2n) is 6.01. The van der Waals surface area contributed by atoms with Crippen LogP contribution in [0.4, 0.5) is 9.52 Å². The van der Waals surface area contributed by atoms with Crippen molar-refractivity contribution in [2.45, 2.75) is 20.4 Å². The molecule has 1 amide bonds. The van der Waals surface area contributed by atoms with Gasteiger partial charge < -0.3 is 0 Å². The smallest absolute Gasteiger partial charge is 0.272 e. The quantitative estimate of drug-likeness (QED) is 0.498. The van der Waals surface area contributed by atoms with E-state index in [4.69, 9.17) is 0 Å². The Morgan fingerprint density at radius 1 is 1.19 bits per heavy atom. The van der Waals surface area contributed by atoms with Crippen LogP contribution in [0.5, 0.6) is 0 Å². The maximum Gasteiger partial charge on any atom is 0.272 e. The molecule has 0 N–H and O–H groups in total. The maximum atomic E-state index is 13.6. The van der Waals surface area contributed by atoms with Gasteiger partial charge in [-0.3, -0.25) is 14.7 Å². The predicted octanol–water partition coefficient (Wildman–Crippen LogP) is 4.75. The Morgan fingerprint density at radius 3 is 2.74 bits per heavy atom. The molecule has 0 spiro atoms. The molecule has 0 saturated heterocycles. The molecule has 4 aromatic rings. The minimum absolute atomic E-state index is 0.165. The summed E-state index contributed by atoms with van der Waals surface area (Å²) in [6, 6.07) is 8.17. The average Bonchev–Trinajstić information content (AvgIpc) is 3.22. The van der Waals surface area contributed by atoms with Crippen LogP contribution >= 0.6 is 22.7 Å². The van der Waals surface area contributed by atoms with Gasteiger partial charge in [0.1, 0.15) is 10.7 Å². The van der Waals surface area contributed by atoms with Crippen LogP contribution in [-0.2, 0) is 6.54 Å². The zero-order valence-corrected chi connectivity index (χ0v) is 16.3. The van der Waals surface area contributed by atoms with Crippen LogP contribution in [0, 0.1) is 19.7 Å². The summed E-state index contributed by atoms with van der Waals surface area (Å²) in [4.78, 5) is 28.5. The highest BCUT2D eigenvalue weighted by Crippen LogP contribution is 2.32. The number of halogens is 1. The molecule has 0 fully saturated rings. The Kier molecular flexibility index (Phi) is 4.67. The lowest BCUT2D eigenvalue weighted by Crippen LogP contribution is -2.30. The van der Waals surface area contributed by atoms with Crippen molar-refractivity contribution in [1.82, 2.24) is 15.0 Å². The van der Waals surface area contributed by atoms with Gasteiger partial charge in [-0.15, -0.1) is 11.3 Å². The van der Waals surface area contributed by atoms with Crippen molar-refractivity contribution in [3.63, 3.8) is 0 Å². The highest BCUT2D eigenvalue weighted by atomic mass is 32.1. The van der Waals surface area contributed by atoms with Crippen LogP contribution in [0.25, 0.3) is 10.2 Å². The lowest BCUT2D eigenvalue weighted by molar-refractivity contribution is 0.0988. The molecule has 8 heteroatoms. The number of benzene rings is 1. The van der Waals surface area contributed by atoms with Gasteiger partial charge in [-0.2, -0.15) is 0 Å². The van der Waals surface area contributed by atoms with Crippen LogP contribution in [0.1, 0.15) is 25.9 Å². The third-order valence-electron chi connectivity index (χ3n) is 3.98. The van der Waals surface area contributed by atoms with Gasteiger partial charge >= 0.3 is 0 Å². The molecule has 1 aromatic carbocycles. The summed E-state index contributed by atoms with van der Waals surface area (Å²) in [6.45, 7) is 4.03. The molecule has 0 saturated carbocycles. The zero-order chi connectivity index (χ0) is 19.0. The second kappa shape index (κ2) is 7.13. The van der Waals surface area contributed by atoms with E-state index in [-0.39, 0.29) is 11.7 Å². The largest absolute Gasteiger partial charge is 0.279 e. The van der Waals surface area contributed by atoms with Crippen LogP contribution in [-0.4, -0.2) is 20.9 Å². The predicted molar refractivity (Wildman–Crippen MR) is 106 cm³/mol. The van der Waals surface area contributed by atoms with Gasteiger partial charge in [-0.1, -0.05) is 17.4 Å².